The van der Waals surface area contributed by atoms with Crippen LogP contribution < -0.4 is 10.2 Å². The summed E-state index contributed by atoms with van der Waals surface area (Å²) in [5.41, 5.74) is 6.42. The Labute approximate surface area is 218 Å². The molecule has 2 aliphatic heterocycles. The van der Waals surface area contributed by atoms with Crippen LogP contribution >= 0.6 is 24.0 Å². The quantitative estimate of drug-likeness (QED) is 0.253. The number of carbonyl (C=O) groups excluding carboxylic acids is 1. The number of aromatic nitrogens is 1. The van der Waals surface area contributed by atoms with Gasteiger partial charge in [0.15, 0.2) is 5.96 Å². The van der Waals surface area contributed by atoms with Gasteiger partial charge in [0.25, 0.3) is 0 Å². The second kappa shape index (κ2) is 10.8. The Balaban J connectivity index is 0.00000274. The number of hydrogen-bond acceptors (Lipinski definition) is 2. The molecule has 1 unspecified atom stereocenters. The summed E-state index contributed by atoms with van der Waals surface area (Å²) in [6, 6.07) is 15.1. The molecule has 1 fully saturated rings. The number of H-pyrrole nitrogens is 1. The summed E-state index contributed by atoms with van der Waals surface area (Å²) in [5, 5.41) is 4.89. The molecule has 0 radical (unpaired) electrons. The molecule has 0 bridgehead atoms. The van der Waals surface area contributed by atoms with Gasteiger partial charge >= 0.3 is 0 Å². The molecule has 7 heteroatoms. The van der Waals surface area contributed by atoms with Crippen molar-refractivity contribution in [2.24, 2.45) is 4.99 Å². The molecule has 0 aliphatic carbocycles. The van der Waals surface area contributed by atoms with E-state index in [1.165, 1.54) is 33.3 Å². The Morgan fingerprint density at radius 1 is 1.21 bits per heavy atom. The number of para-hydroxylation sites is 2. The van der Waals surface area contributed by atoms with E-state index in [0.29, 0.717) is 18.2 Å². The highest BCUT2D eigenvalue weighted by molar-refractivity contribution is 14.0. The standard InChI is InChI=1S/C27H33N5O.HI/c1-19-7-5-9-23-20(17-30-26(19)23)12-14-29-27(28-2)32-18-21(22-8-3-4-10-24(22)32)13-16-31-15-6-11-25(31)33;/h3-5,7-10,17,21,30H,6,11-16,18H2,1-2H3,(H,28,29);1H. The number of hydrogen-bond donors (Lipinski definition) is 2. The first-order valence-corrected chi connectivity index (χ1v) is 12.1. The van der Waals surface area contributed by atoms with Crippen molar-refractivity contribution in [3.8, 4) is 0 Å². The van der Waals surface area contributed by atoms with Crippen molar-refractivity contribution in [3.63, 3.8) is 0 Å². The van der Waals surface area contributed by atoms with Gasteiger partial charge in [0, 0.05) is 68.4 Å². The Kier molecular flexibility index (Phi) is 7.80. The minimum atomic E-state index is 0. The number of fused-ring (bicyclic) bond motifs is 2. The van der Waals surface area contributed by atoms with E-state index < -0.39 is 0 Å². The first kappa shape index (κ1) is 24.6. The second-order valence-corrected chi connectivity index (χ2v) is 9.17. The van der Waals surface area contributed by atoms with Gasteiger partial charge in [-0.05, 0) is 48.9 Å². The summed E-state index contributed by atoms with van der Waals surface area (Å²) < 4.78 is 0. The zero-order chi connectivity index (χ0) is 22.8. The van der Waals surface area contributed by atoms with Gasteiger partial charge in [-0.3, -0.25) is 9.79 Å². The molecule has 1 atom stereocenters. The van der Waals surface area contributed by atoms with Gasteiger partial charge in [-0.2, -0.15) is 0 Å². The topological polar surface area (TPSA) is 63.7 Å². The predicted molar refractivity (Wildman–Crippen MR) is 150 cm³/mol. The van der Waals surface area contributed by atoms with Crippen molar-refractivity contribution in [2.75, 3.05) is 38.1 Å². The van der Waals surface area contributed by atoms with Crippen LogP contribution in [0.25, 0.3) is 10.9 Å². The number of anilines is 1. The molecule has 2 aliphatic rings. The summed E-state index contributed by atoms with van der Waals surface area (Å²) in [4.78, 5) is 24.4. The molecule has 1 aromatic heterocycles. The Morgan fingerprint density at radius 3 is 2.85 bits per heavy atom. The van der Waals surface area contributed by atoms with Gasteiger partial charge in [0.1, 0.15) is 0 Å². The third kappa shape index (κ3) is 4.80. The number of likely N-dealkylation sites (tertiary alicyclic amines) is 1. The summed E-state index contributed by atoms with van der Waals surface area (Å²) in [7, 11) is 1.86. The van der Waals surface area contributed by atoms with Crippen LogP contribution in [0.1, 0.15) is 41.9 Å². The smallest absolute Gasteiger partial charge is 0.222 e. The summed E-state index contributed by atoms with van der Waals surface area (Å²) in [5.74, 6) is 1.63. The van der Waals surface area contributed by atoms with E-state index in [0.717, 1.165) is 51.4 Å². The number of rotatable bonds is 6. The third-order valence-electron chi connectivity index (χ3n) is 7.14. The van der Waals surface area contributed by atoms with Crippen molar-refractivity contribution in [1.29, 1.82) is 0 Å². The maximum atomic E-state index is 12.0. The van der Waals surface area contributed by atoms with Gasteiger partial charge in [-0.1, -0.05) is 36.4 Å². The van der Waals surface area contributed by atoms with E-state index in [-0.39, 0.29) is 24.0 Å². The number of nitrogens with one attached hydrogen (secondary N) is 2. The lowest BCUT2D eigenvalue weighted by Gasteiger charge is -2.23. The van der Waals surface area contributed by atoms with E-state index in [2.05, 4.69) is 75.8 Å². The van der Waals surface area contributed by atoms with E-state index >= 15 is 0 Å². The number of aliphatic imine (C=N–C) groups is 1. The number of halogens is 1. The highest BCUT2D eigenvalue weighted by atomic mass is 127. The van der Waals surface area contributed by atoms with Gasteiger partial charge in [0.2, 0.25) is 5.91 Å². The van der Waals surface area contributed by atoms with E-state index in [4.69, 9.17) is 0 Å². The van der Waals surface area contributed by atoms with Crippen molar-refractivity contribution in [2.45, 2.75) is 38.5 Å². The van der Waals surface area contributed by atoms with Crippen LogP contribution in [0.4, 0.5) is 5.69 Å². The van der Waals surface area contributed by atoms with Gasteiger partial charge in [0.05, 0.1) is 0 Å². The lowest BCUT2D eigenvalue weighted by Crippen LogP contribution is -2.42. The van der Waals surface area contributed by atoms with E-state index in [9.17, 15) is 4.79 Å². The molecular weight excluding hydrogens is 537 g/mol. The maximum Gasteiger partial charge on any atom is 0.222 e. The lowest BCUT2D eigenvalue weighted by atomic mass is 9.98. The van der Waals surface area contributed by atoms with Crippen LogP contribution in [0.15, 0.2) is 53.7 Å². The van der Waals surface area contributed by atoms with E-state index in [1.807, 2.05) is 11.9 Å². The number of nitrogens with zero attached hydrogens (tertiary/aromatic N) is 3. The number of benzene rings is 2. The summed E-state index contributed by atoms with van der Waals surface area (Å²) in [6.45, 7) is 5.61. The highest BCUT2D eigenvalue weighted by Crippen LogP contribution is 2.38. The molecule has 3 heterocycles. The van der Waals surface area contributed by atoms with Crippen LogP contribution in [0.5, 0.6) is 0 Å². The van der Waals surface area contributed by atoms with Crippen LogP contribution in [0, 0.1) is 6.92 Å². The highest BCUT2D eigenvalue weighted by Gasteiger charge is 2.32. The normalized spacial score (nSPS) is 17.9. The van der Waals surface area contributed by atoms with Crippen LogP contribution in [-0.4, -0.2) is 55.0 Å². The van der Waals surface area contributed by atoms with Crippen LogP contribution in [0.2, 0.25) is 0 Å². The number of guanidine groups is 1. The fraction of sp³-hybridized carbons (Fsp3) is 0.407. The van der Waals surface area contributed by atoms with Crippen molar-refractivity contribution in [3.05, 3.63) is 65.4 Å². The molecule has 5 rings (SSSR count). The second-order valence-electron chi connectivity index (χ2n) is 9.17. The summed E-state index contributed by atoms with van der Waals surface area (Å²) >= 11 is 0. The molecule has 1 amide bonds. The molecule has 2 N–H and O–H groups in total. The molecule has 0 spiro atoms. The number of aryl methyl sites for hydroxylation is 1. The van der Waals surface area contributed by atoms with Crippen molar-refractivity contribution in [1.82, 2.24) is 15.2 Å². The average Bonchev–Trinajstić information content (AvgIpc) is 3.53. The van der Waals surface area contributed by atoms with E-state index in [1.54, 1.807) is 0 Å². The molecule has 2 aromatic carbocycles. The molecule has 6 nitrogen and oxygen atoms in total. The monoisotopic (exact) mass is 571 g/mol. The van der Waals surface area contributed by atoms with Gasteiger partial charge in [-0.25, -0.2) is 0 Å². The predicted octanol–water partition coefficient (Wildman–Crippen LogP) is 4.83. The van der Waals surface area contributed by atoms with Crippen LogP contribution in [-0.2, 0) is 11.2 Å². The van der Waals surface area contributed by atoms with Crippen molar-refractivity contribution >= 4 is 52.4 Å². The molecule has 180 valence electrons. The first-order valence-electron chi connectivity index (χ1n) is 12.1. The molecule has 34 heavy (non-hydrogen) atoms. The number of amides is 1. The molecular formula is C27H34IN5O. The zero-order valence-corrected chi connectivity index (χ0v) is 22.3. The molecule has 0 saturated carbocycles. The largest absolute Gasteiger partial charge is 0.361 e. The first-order chi connectivity index (χ1) is 16.2. The zero-order valence-electron chi connectivity index (χ0n) is 20.0. The van der Waals surface area contributed by atoms with Crippen molar-refractivity contribution < 1.29 is 4.79 Å². The minimum Gasteiger partial charge on any atom is -0.361 e. The fourth-order valence-corrected chi connectivity index (χ4v) is 5.37. The Bertz CT molecular complexity index is 1190. The SMILES string of the molecule is CN=C(NCCc1c[nH]c2c(C)cccc12)N1CC(CCN2CCCC2=O)c2ccccc21.I. The number of aromatic amines is 1. The summed E-state index contributed by atoms with van der Waals surface area (Å²) in [6.07, 6.45) is 5.76. The third-order valence-corrected chi connectivity index (χ3v) is 7.14. The van der Waals surface area contributed by atoms with Gasteiger partial charge in [-0.15, -0.1) is 24.0 Å². The molecule has 3 aromatic rings. The maximum absolute atomic E-state index is 12.0. The number of carbonyl (C=O) groups is 1. The minimum absolute atomic E-state index is 0. The van der Waals surface area contributed by atoms with Crippen LogP contribution in [0.3, 0.4) is 0 Å². The Hall–Kier alpha value is -2.55. The lowest BCUT2D eigenvalue weighted by molar-refractivity contribution is -0.127. The Morgan fingerprint density at radius 2 is 2.06 bits per heavy atom. The fourth-order valence-electron chi connectivity index (χ4n) is 5.37. The molecule has 1 saturated heterocycles. The average molecular weight is 572 g/mol. The van der Waals surface area contributed by atoms with Gasteiger partial charge < -0.3 is 20.1 Å².